The minimum Gasteiger partial charge on any atom is -0.340 e. The summed E-state index contributed by atoms with van der Waals surface area (Å²) in [6, 6.07) is 8.70. The SMILES string of the molecule is CN(Cc1ccccc1Br)C(=O)C1CC2CCCCC2N1. The summed E-state index contributed by atoms with van der Waals surface area (Å²) >= 11 is 3.55. The molecule has 2 aliphatic rings. The number of carbonyl (C=O) groups excluding carboxylic acids is 1. The van der Waals surface area contributed by atoms with Crippen molar-refractivity contribution in [2.24, 2.45) is 5.92 Å². The summed E-state index contributed by atoms with van der Waals surface area (Å²) in [5.74, 6) is 0.949. The maximum Gasteiger partial charge on any atom is 0.239 e. The summed E-state index contributed by atoms with van der Waals surface area (Å²) in [4.78, 5) is 14.5. The second-order valence-corrected chi connectivity index (χ2v) is 7.25. The molecule has 3 nitrogen and oxygen atoms in total. The molecule has 0 spiro atoms. The number of amides is 1. The molecule has 1 aromatic carbocycles. The first-order valence-corrected chi connectivity index (χ1v) is 8.69. The van der Waals surface area contributed by atoms with Crippen LogP contribution in [0.5, 0.6) is 0 Å². The predicted octanol–water partition coefficient (Wildman–Crippen LogP) is 3.33. The largest absolute Gasteiger partial charge is 0.340 e. The first-order valence-electron chi connectivity index (χ1n) is 7.89. The van der Waals surface area contributed by atoms with Gasteiger partial charge in [-0.1, -0.05) is 47.0 Å². The summed E-state index contributed by atoms with van der Waals surface area (Å²) in [6.45, 7) is 0.660. The highest BCUT2D eigenvalue weighted by molar-refractivity contribution is 9.10. The van der Waals surface area contributed by atoms with Crippen LogP contribution in [0.15, 0.2) is 28.7 Å². The van der Waals surface area contributed by atoms with Crippen molar-refractivity contribution in [2.45, 2.75) is 50.7 Å². The fourth-order valence-electron chi connectivity index (χ4n) is 3.74. The number of likely N-dealkylation sites (N-methyl/N-ethyl adjacent to an activating group) is 1. The zero-order chi connectivity index (χ0) is 14.8. The third kappa shape index (κ3) is 3.32. The molecule has 0 bridgehead atoms. The molecule has 3 atom stereocenters. The van der Waals surface area contributed by atoms with E-state index in [9.17, 15) is 4.79 Å². The van der Waals surface area contributed by atoms with Crippen LogP contribution >= 0.6 is 15.9 Å². The molecular weight excluding hydrogens is 328 g/mol. The lowest BCUT2D eigenvalue weighted by molar-refractivity contribution is -0.132. The number of nitrogens with one attached hydrogen (secondary N) is 1. The van der Waals surface area contributed by atoms with Crippen LogP contribution in [-0.2, 0) is 11.3 Å². The summed E-state index contributed by atoms with van der Waals surface area (Å²) in [5.41, 5.74) is 1.16. The van der Waals surface area contributed by atoms with Crippen molar-refractivity contribution in [1.29, 1.82) is 0 Å². The van der Waals surface area contributed by atoms with Gasteiger partial charge in [0, 0.05) is 24.1 Å². The minimum atomic E-state index is 0.0191. The summed E-state index contributed by atoms with van der Waals surface area (Å²) in [6.07, 6.45) is 6.18. The maximum atomic E-state index is 12.7. The fraction of sp³-hybridized carbons (Fsp3) is 0.588. The maximum absolute atomic E-state index is 12.7. The Morgan fingerprint density at radius 3 is 2.86 bits per heavy atom. The van der Waals surface area contributed by atoms with E-state index in [0.29, 0.717) is 18.5 Å². The molecular formula is C17H23BrN2O. The standard InChI is InChI=1S/C17H23BrN2O/c1-20(11-13-7-2-4-8-14(13)18)17(21)16-10-12-6-3-5-9-15(12)19-16/h2,4,7-8,12,15-16,19H,3,5-6,9-11H2,1H3. The van der Waals surface area contributed by atoms with Gasteiger partial charge in [-0.05, 0) is 36.8 Å². The van der Waals surface area contributed by atoms with Gasteiger partial charge in [0.2, 0.25) is 5.91 Å². The number of fused-ring (bicyclic) bond motifs is 1. The van der Waals surface area contributed by atoms with Crippen LogP contribution in [0.1, 0.15) is 37.7 Å². The molecule has 1 amide bonds. The topological polar surface area (TPSA) is 32.3 Å². The zero-order valence-electron chi connectivity index (χ0n) is 12.5. The first-order chi connectivity index (χ1) is 10.1. The minimum absolute atomic E-state index is 0.0191. The molecule has 1 N–H and O–H groups in total. The van der Waals surface area contributed by atoms with Gasteiger partial charge in [0.05, 0.1) is 6.04 Å². The van der Waals surface area contributed by atoms with Gasteiger partial charge in [0.25, 0.3) is 0 Å². The average molecular weight is 351 g/mol. The van der Waals surface area contributed by atoms with Crippen molar-refractivity contribution in [3.63, 3.8) is 0 Å². The lowest BCUT2D eigenvalue weighted by Gasteiger charge is -2.24. The van der Waals surface area contributed by atoms with Crippen LogP contribution in [0.3, 0.4) is 0 Å². The van der Waals surface area contributed by atoms with Crippen LogP contribution in [0.4, 0.5) is 0 Å². The molecule has 0 aromatic heterocycles. The Bertz CT molecular complexity index is 505. The van der Waals surface area contributed by atoms with Crippen molar-refractivity contribution in [3.8, 4) is 0 Å². The van der Waals surface area contributed by atoms with Gasteiger partial charge < -0.3 is 10.2 Å². The first kappa shape index (κ1) is 15.0. The predicted molar refractivity (Wildman–Crippen MR) is 87.9 cm³/mol. The Balaban J connectivity index is 1.61. The van der Waals surface area contributed by atoms with E-state index in [1.807, 2.05) is 30.1 Å². The smallest absolute Gasteiger partial charge is 0.239 e. The number of nitrogens with zero attached hydrogens (tertiary/aromatic N) is 1. The average Bonchev–Trinajstić information content (AvgIpc) is 2.92. The van der Waals surface area contributed by atoms with Crippen LogP contribution in [0.2, 0.25) is 0 Å². The molecule has 4 heteroatoms. The van der Waals surface area contributed by atoms with E-state index in [4.69, 9.17) is 0 Å². The highest BCUT2D eigenvalue weighted by Gasteiger charge is 2.39. The Kier molecular flexibility index (Phi) is 4.65. The molecule has 1 aromatic rings. The summed E-state index contributed by atoms with van der Waals surface area (Å²) in [7, 11) is 1.91. The van der Waals surface area contributed by atoms with Crippen molar-refractivity contribution >= 4 is 21.8 Å². The molecule has 21 heavy (non-hydrogen) atoms. The van der Waals surface area contributed by atoms with Crippen molar-refractivity contribution < 1.29 is 4.79 Å². The molecule has 1 saturated heterocycles. The van der Waals surface area contributed by atoms with Gasteiger partial charge in [0.1, 0.15) is 0 Å². The van der Waals surface area contributed by atoms with Gasteiger partial charge >= 0.3 is 0 Å². The molecule has 3 rings (SSSR count). The third-order valence-corrected chi connectivity index (χ3v) is 5.68. The Morgan fingerprint density at radius 2 is 2.10 bits per heavy atom. The number of rotatable bonds is 3. The van der Waals surface area contributed by atoms with E-state index in [1.165, 1.54) is 25.7 Å². The van der Waals surface area contributed by atoms with Crippen LogP contribution in [-0.4, -0.2) is 29.9 Å². The van der Waals surface area contributed by atoms with E-state index in [0.717, 1.165) is 16.5 Å². The lowest BCUT2D eigenvalue weighted by atomic mass is 9.85. The molecule has 1 aliphatic heterocycles. The van der Waals surface area contributed by atoms with Crippen molar-refractivity contribution in [1.82, 2.24) is 10.2 Å². The van der Waals surface area contributed by atoms with Gasteiger partial charge in [-0.3, -0.25) is 4.79 Å². The second-order valence-electron chi connectivity index (χ2n) is 6.39. The fourth-order valence-corrected chi connectivity index (χ4v) is 4.15. The Morgan fingerprint density at radius 1 is 1.33 bits per heavy atom. The second kappa shape index (κ2) is 6.49. The van der Waals surface area contributed by atoms with Crippen LogP contribution < -0.4 is 5.32 Å². The monoisotopic (exact) mass is 350 g/mol. The van der Waals surface area contributed by atoms with Gasteiger partial charge in [-0.25, -0.2) is 0 Å². The Labute approximate surface area is 135 Å². The van der Waals surface area contributed by atoms with E-state index in [2.05, 4.69) is 27.3 Å². The van der Waals surface area contributed by atoms with Crippen molar-refractivity contribution in [3.05, 3.63) is 34.3 Å². The quantitative estimate of drug-likeness (QED) is 0.906. The molecule has 1 saturated carbocycles. The van der Waals surface area contributed by atoms with Crippen LogP contribution in [0.25, 0.3) is 0 Å². The molecule has 114 valence electrons. The lowest BCUT2D eigenvalue weighted by Crippen LogP contribution is -2.43. The number of benzene rings is 1. The third-order valence-electron chi connectivity index (χ3n) is 4.90. The highest BCUT2D eigenvalue weighted by atomic mass is 79.9. The van der Waals surface area contributed by atoms with E-state index < -0.39 is 0 Å². The Hall–Kier alpha value is -0.870. The highest BCUT2D eigenvalue weighted by Crippen LogP contribution is 2.33. The van der Waals surface area contributed by atoms with Gasteiger partial charge in [0.15, 0.2) is 0 Å². The number of hydrogen-bond acceptors (Lipinski definition) is 2. The normalized spacial score (nSPS) is 28.2. The van der Waals surface area contributed by atoms with Gasteiger partial charge in [-0.2, -0.15) is 0 Å². The molecule has 2 fully saturated rings. The van der Waals surface area contributed by atoms with E-state index in [1.54, 1.807) is 0 Å². The van der Waals surface area contributed by atoms with Crippen LogP contribution in [0, 0.1) is 5.92 Å². The molecule has 1 aliphatic carbocycles. The molecule has 3 unspecified atom stereocenters. The summed E-state index contributed by atoms with van der Waals surface area (Å²) in [5, 5.41) is 3.57. The van der Waals surface area contributed by atoms with E-state index in [-0.39, 0.29) is 11.9 Å². The van der Waals surface area contributed by atoms with E-state index >= 15 is 0 Å². The van der Waals surface area contributed by atoms with Crippen molar-refractivity contribution in [2.75, 3.05) is 7.05 Å². The van der Waals surface area contributed by atoms with Gasteiger partial charge in [-0.15, -0.1) is 0 Å². The number of carbonyl (C=O) groups is 1. The number of halogens is 1. The molecule has 1 heterocycles. The number of hydrogen-bond donors (Lipinski definition) is 1. The summed E-state index contributed by atoms with van der Waals surface area (Å²) < 4.78 is 1.07. The zero-order valence-corrected chi connectivity index (χ0v) is 14.1. The molecule has 0 radical (unpaired) electrons.